The molecule has 0 aromatic rings. The molecule has 0 spiro atoms. The lowest BCUT2D eigenvalue weighted by Gasteiger charge is -2.27. The van der Waals surface area contributed by atoms with Gasteiger partial charge in [-0.15, -0.1) is 6.58 Å². The van der Waals surface area contributed by atoms with Crippen LogP contribution in [0.4, 0.5) is 0 Å². The fourth-order valence-electron chi connectivity index (χ4n) is 2.05. The lowest BCUT2D eigenvalue weighted by molar-refractivity contribution is 0.292. The van der Waals surface area contributed by atoms with E-state index >= 15 is 0 Å². The molecule has 70 valence electrons. The van der Waals surface area contributed by atoms with Crippen molar-refractivity contribution < 1.29 is 0 Å². The largest absolute Gasteiger partial charge is 0.328 e. The van der Waals surface area contributed by atoms with Crippen molar-refractivity contribution in [2.45, 2.75) is 45.1 Å². The van der Waals surface area contributed by atoms with Crippen LogP contribution in [0, 0.1) is 11.8 Å². The lowest BCUT2D eigenvalue weighted by atomic mass is 9.81. The van der Waals surface area contributed by atoms with Crippen LogP contribution in [-0.4, -0.2) is 6.04 Å². The molecule has 0 radical (unpaired) electrons. The van der Waals surface area contributed by atoms with E-state index in [1.165, 1.54) is 32.1 Å². The Morgan fingerprint density at radius 2 is 2.00 bits per heavy atom. The fraction of sp³-hybridized carbons (Fsp3) is 0.818. The van der Waals surface area contributed by atoms with Crippen molar-refractivity contribution in [3.63, 3.8) is 0 Å². The van der Waals surface area contributed by atoms with Gasteiger partial charge in [0.25, 0.3) is 0 Å². The van der Waals surface area contributed by atoms with Gasteiger partial charge >= 0.3 is 0 Å². The average Bonchev–Trinajstić information content (AvgIpc) is 2.09. The van der Waals surface area contributed by atoms with Crippen LogP contribution < -0.4 is 5.73 Å². The second-order valence-corrected chi connectivity index (χ2v) is 4.23. The zero-order valence-electron chi connectivity index (χ0n) is 8.13. The number of hydrogen-bond acceptors (Lipinski definition) is 1. The van der Waals surface area contributed by atoms with Gasteiger partial charge in [0.15, 0.2) is 0 Å². The van der Waals surface area contributed by atoms with Crippen LogP contribution in [-0.2, 0) is 0 Å². The lowest BCUT2D eigenvalue weighted by Crippen LogP contribution is -2.26. The smallest absolute Gasteiger partial charge is 0.00390 e. The first-order valence-electron chi connectivity index (χ1n) is 5.10. The molecule has 0 heterocycles. The molecule has 1 heteroatoms. The first-order valence-corrected chi connectivity index (χ1v) is 5.10. The molecule has 1 saturated carbocycles. The Morgan fingerprint density at radius 1 is 1.42 bits per heavy atom. The molecule has 1 aliphatic rings. The Morgan fingerprint density at radius 3 is 2.50 bits per heavy atom. The summed E-state index contributed by atoms with van der Waals surface area (Å²) in [6.45, 7) is 6.07. The van der Waals surface area contributed by atoms with Crippen molar-refractivity contribution in [2.24, 2.45) is 17.6 Å². The molecule has 0 aliphatic heterocycles. The first kappa shape index (κ1) is 9.79. The van der Waals surface area contributed by atoms with Crippen LogP contribution in [0.25, 0.3) is 0 Å². The number of rotatable bonds is 3. The topological polar surface area (TPSA) is 26.0 Å². The third kappa shape index (κ3) is 2.98. The van der Waals surface area contributed by atoms with Crippen molar-refractivity contribution in [3.8, 4) is 0 Å². The van der Waals surface area contributed by atoms with Gasteiger partial charge in [0.1, 0.15) is 0 Å². The van der Waals surface area contributed by atoms with E-state index in [2.05, 4.69) is 19.6 Å². The van der Waals surface area contributed by atoms with E-state index in [-0.39, 0.29) is 0 Å². The maximum atomic E-state index is 5.84. The van der Waals surface area contributed by atoms with Crippen LogP contribution >= 0.6 is 0 Å². The highest BCUT2D eigenvalue weighted by Gasteiger charge is 2.19. The van der Waals surface area contributed by atoms with E-state index in [1.807, 2.05) is 0 Å². The van der Waals surface area contributed by atoms with Crippen molar-refractivity contribution in [3.05, 3.63) is 12.7 Å². The molecule has 0 saturated heterocycles. The number of allylic oxidation sites excluding steroid dienone is 1. The maximum absolute atomic E-state index is 5.84. The molecule has 2 N–H and O–H groups in total. The van der Waals surface area contributed by atoms with Gasteiger partial charge in [0, 0.05) is 6.04 Å². The van der Waals surface area contributed by atoms with E-state index < -0.39 is 0 Å². The fourth-order valence-corrected chi connectivity index (χ4v) is 2.05. The van der Waals surface area contributed by atoms with Gasteiger partial charge in [-0.25, -0.2) is 0 Å². The SMILES string of the molecule is C=CC(C)CC1CCC(N)CC1. The summed E-state index contributed by atoms with van der Waals surface area (Å²) in [5.41, 5.74) is 5.84. The Bertz CT molecular complexity index is 134. The zero-order chi connectivity index (χ0) is 8.97. The molecule has 1 atom stereocenters. The predicted octanol–water partition coefficient (Wildman–Crippen LogP) is 2.72. The standard InChI is InChI=1S/C11H21N/c1-3-9(2)8-10-4-6-11(12)7-5-10/h3,9-11H,1,4-8,12H2,2H3. The minimum absolute atomic E-state index is 0.486. The summed E-state index contributed by atoms with van der Waals surface area (Å²) in [4.78, 5) is 0. The van der Waals surface area contributed by atoms with Crippen molar-refractivity contribution in [1.82, 2.24) is 0 Å². The van der Waals surface area contributed by atoms with Gasteiger partial charge in [-0.1, -0.05) is 13.0 Å². The van der Waals surface area contributed by atoms with Gasteiger partial charge in [-0.05, 0) is 43.9 Å². The third-order valence-electron chi connectivity index (χ3n) is 3.00. The summed E-state index contributed by atoms with van der Waals surface area (Å²) in [6.07, 6.45) is 8.51. The Kier molecular flexibility index (Phi) is 3.80. The normalized spacial score (nSPS) is 32.8. The second kappa shape index (κ2) is 4.66. The summed E-state index contributed by atoms with van der Waals surface area (Å²) >= 11 is 0. The van der Waals surface area contributed by atoms with E-state index in [4.69, 9.17) is 5.73 Å². The minimum Gasteiger partial charge on any atom is -0.328 e. The highest BCUT2D eigenvalue weighted by atomic mass is 14.6. The van der Waals surface area contributed by atoms with Gasteiger partial charge in [0.2, 0.25) is 0 Å². The molecule has 0 aromatic heterocycles. The summed E-state index contributed by atoms with van der Waals surface area (Å²) in [7, 11) is 0. The Labute approximate surface area is 76.0 Å². The quantitative estimate of drug-likeness (QED) is 0.643. The predicted molar refractivity (Wildman–Crippen MR) is 53.9 cm³/mol. The van der Waals surface area contributed by atoms with Gasteiger partial charge in [-0.3, -0.25) is 0 Å². The van der Waals surface area contributed by atoms with Crippen molar-refractivity contribution in [1.29, 1.82) is 0 Å². The Hall–Kier alpha value is -0.300. The molecule has 1 fully saturated rings. The van der Waals surface area contributed by atoms with Gasteiger partial charge < -0.3 is 5.73 Å². The molecule has 0 bridgehead atoms. The van der Waals surface area contributed by atoms with Crippen molar-refractivity contribution >= 4 is 0 Å². The molecule has 1 aliphatic carbocycles. The van der Waals surface area contributed by atoms with Crippen LogP contribution in [0.15, 0.2) is 12.7 Å². The molecule has 1 unspecified atom stereocenters. The number of hydrogen-bond donors (Lipinski definition) is 1. The zero-order valence-corrected chi connectivity index (χ0v) is 8.13. The average molecular weight is 167 g/mol. The van der Waals surface area contributed by atoms with Crippen LogP contribution in [0.2, 0.25) is 0 Å². The summed E-state index contributed by atoms with van der Waals surface area (Å²) in [5.74, 6) is 1.60. The number of nitrogens with two attached hydrogens (primary N) is 1. The van der Waals surface area contributed by atoms with Crippen LogP contribution in [0.5, 0.6) is 0 Å². The molecule has 1 nitrogen and oxygen atoms in total. The van der Waals surface area contributed by atoms with E-state index in [9.17, 15) is 0 Å². The van der Waals surface area contributed by atoms with Crippen molar-refractivity contribution in [2.75, 3.05) is 0 Å². The van der Waals surface area contributed by atoms with E-state index in [1.54, 1.807) is 0 Å². The third-order valence-corrected chi connectivity index (χ3v) is 3.00. The van der Waals surface area contributed by atoms with E-state index in [0.29, 0.717) is 12.0 Å². The molecule has 12 heavy (non-hydrogen) atoms. The molecule has 0 amide bonds. The second-order valence-electron chi connectivity index (χ2n) is 4.23. The van der Waals surface area contributed by atoms with E-state index in [0.717, 1.165) is 5.92 Å². The highest BCUT2D eigenvalue weighted by molar-refractivity contribution is 4.81. The maximum Gasteiger partial charge on any atom is 0.00390 e. The summed E-state index contributed by atoms with van der Waals surface area (Å²) < 4.78 is 0. The summed E-state index contributed by atoms with van der Waals surface area (Å²) in [6, 6.07) is 0.486. The molecule has 1 rings (SSSR count). The molecular formula is C11H21N. The highest BCUT2D eigenvalue weighted by Crippen LogP contribution is 2.28. The molecule has 0 aromatic carbocycles. The van der Waals surface area contributed by atoms with Crippen LogP contribution in [0.3, 0.4) is 0 Å². The van der Waals surface area contributed by atoms with Crippen LogP contribution in [0.1, 0.15) is 39.0 Å². The monoisotopic (exact) mass is 167 g/mol. The summed E-state index contributed by atoms with van der Waals surface area (Å²) in [5, 5.41) is 0. The molecular weight excluding hydrogens is 146 g/mol. The first-order chi connectivity index (χ1) is 5.72. The minimum atomic E-state index is 0.486. The Balaban J connectivity index is 2.21. The van der Waals surface area contributed by atoms with Gasteiger partial charge in [0.05, 0.1) is 0 Å². The van der Waals surface area contributed by atoms with Gasteiger partial charge in [-0.2, -0.15) is 0 Å².